The van der Waals surface area contributed by atoms with Gasteiger partial charge in [0.1, 0.15) is 12.4 Å². The zero-order valence-corrected chi connectivity index (χ0v) is 19.9. The molecule has 6 heteroatoms. The van der Waals surface area contributed by atoms with Crippen LogP contribution in [0.1, 0.15) is 27.0 Å². The van der Waals surface area contributed by atoms with E-state index < -0.39 is 0 Å². The number of rotatable bonds is 9. The average molecular weight is 487 g/mol. The third kappa shape index (κ3) is 6.98. The van der Waals surface area contributed by atoms with E-state index >= 15 is 0 Å². The average Bonchev–Trinajstić information content (AvgIpc) is 2.88. The predicted octanol–water partition coefficient (Wildman–Crippen LogP) is 6.98. The summed E-state index contributed by atoms with van der Waals surface area (Å²) in [5.41, 5.74) is 6.13. The molecule has 170 valence electrons. The fourth-order valence-corrected chi connectivity index (χ4v) is 4.11. The maximum absolute atomic E-state index is 12.5. The number of ether oxygens (including phenoxy) is 1. The second kappa shape index (κ2) is 12.1. The Morgan fingerprint density at radius 2 is 1.56 bits per heavy atom. The van der Waals surface area contributed by atoms with Crippen molar-refractivity contribution >= 4 is 35.5 Å². The quantitative estimate of drug-likeness (QED) is 0.158. The van der Waals surface area contributed by atoms with Crippen molar-refractivity contribution < 1.29 is 9.53 Å². The van der Waals surface area contributed by atoms with Crippen LogP contribution in [0.25, 0.3) is 0 Å². The summed E-state index contributed by atoms with van der Waals surface area (Å²) in [5, 5.41) is 4.85. The lowest BCUT2D eigenvalue weighted by molar-refractivity contribution is 0.0955. The number of hydrogen-bond donors (Lipinski definition) is 1. The summed E-state index contributed by atoms with van der Waals surface area (Å²) in [4.78, 5) is 13.6. The molecule has 0 aromatic heterocycles. The van der Waals surface area contributed by atoms with E-state index in [1.165, 1.54) is 0 Å². The molecule has 0 radical (unpaired) electrons. The highest BCUT2D eigenvalue weighted by Crippen LogP contribution is 2.24. The van der Waals surface area contributed by atoms with Crippen molar-refractivity contribution in [2.45, 2.75) is 17.3 Å². The number of thioether (sulfide) groups is 1. The maximum atomic E-state index is 12.5. The van der Waals surface area contributed by atoms with E-state index in [-0.39, 0.29) is 5.91 Å². The van der Waals surface area contributed by atoms with Crippen LogP contribution in [0.3, 0.4) is 0 Å². The summed E-state index contributed by atoms with van der Waals surface area (Å²) in [6.45, 7) is 0.459. The zero-order valence-electron chi connectivity index (χ0n) is 18.4. The molecule has 34 heavy (non-hydrogen) atoms. The molecule has 0 fully saturated rings. The van der Waals surface area contributed by atoms with Crippen molar-refractivity contribution in [3.8, 4) is 5.75 Å². The van der Waals surface area contributed by atoms with Gasteiger partial charge in [0.15, 0.2) is 0 Å². The van der Waals surface area contributed by atoms with Gasteiger partial charge in [-0.05, 0) is 59.7 Å². The first-order chi connectivity index (χ1) is 16.7. The van der Waals surface area contributed by atoms with Crippen LogP contribution in [-0.4, -0.2) is 12.1 Å². The lowest BCUT2D eigenvalue weighted by Crippen LogP contribution is -2.17. The number of hydrazone groups is 1. The molecule has 0 saturated heterocycles. The predicted molar refractivity (Wildman–Crippen MR) is 140 cm³/mol. The van der Waals surface area contributed by atoms with Crippen LogP contribution in [0.2, 0.25) is 5.02 Å². The molecule has 4 rings (SSSR count). The van der Waals surface area contributed by atoms with Gasteiger partial charge in [0.2, 0.25) is 0 Å². The third-order valence-electron chi connectivity index (χ3n) is 4.96. The van der Waals surface area contributed by atoms with Crippen molar-refractivity contribution in [3.63, 3.8) is 0 Å². The molecule has 0 aliphatic rings. The second-order valence-corrected chi connectivity index (χ2v) is 8.94. The van der Waals surface area contributed by atoms with Gasteiger partial charge in [0.05, 0.1) is 6.21 Å². The minimum atomic E-state index is -0.268. The Labute approximate surface area is 208 Å². The van der Waals surface area contributed by atoms with Crippen LogP contribution >= 0.6 is 23.4 Å². The number of carbonyl (C=O) groups is 1. The molecular weight excluding hydrogens is 464 g/mol. The van der Waals surface area contributed by atoms with E-state index in [2.05, 4.69) is 10.5 Å². The summed E-state index contributed by atoms with van der Waals surface area (Å²) < 4.78 is 5.93. The Morgan fingerprint density at radius 3 is 2.32 bits per heavy atom. The van der Waals surface area contributed by atoms with E-state index in [0.29, 0.717) is 17.9 Å². The van der Waals surface area contributed by atoms with Crippen LogP contribution in [0.15, 0.2) is 113 Å². The minimum Gasteiger partial charge on any atom is -0.488 e. The molecule has 0 bridgehead atoms. The number of carbonyl (C=O) groups excluding carboxylic acids is 1. The van der Waals surface area contributed by atoms with Crippen molar-refractivity contribution in [2.75, 3.05) is 0 Å². The molecule has 0 atom stereocenters. The highest BCUT2D eigenvalue weighted by Gasteiger charge is 2.06. The van der Waals surface area contributed by atoms with Gasteiger partial charge in [0.25, 0.3) is 5.91 Å². The summed E-state index contributed by atoms with van der Waals surface area (Å²) in [5.74, 6) is 1.24. The summed E-state index contributed by atoms with van der Waals surface area (Å²) in [6, 6.07) is 32.8. The number of benzene rings is 4. The Hall–Kier alpha value is -3.54. The maximum Gasteiger partial charge on any atom is 0.271 e. The highest BCUT2D eigenvalue weighted by molar-refractivity contribution is 7.98. The first-order valence-electron chi connectivity index (χ1n) is 10.7. The van der Waals surface area contributed by atoms with E-state index in [4.69, 9.17) is 16.3 Å². The zero-order chi connectivity index (χ0) is 23.6. The number of nitrogens with one attached hydrogen (secondary N) is 1. The van der Waals surface area contributed by atoms with Crippen LogP contribution < -0.4 is 10.2 Å². The van der Waals surface area contributed by atoms with Crippen molar-refractivity contribution in [1.82, 2.24) is 5.43 Å². The summed E-state index contributed by atoms with van der Waals surface area (Å²) in [7, 11) is 0. The number of hydrogen-bond acceptors (Lipinski definition) is 4. The number of amides is 1. The molecule has 0 heterocycles. The van der Waals surface area contributed by atoms with Gasteiger partial charge in [-0.3, -0.25) is 4.79 Å². The minimum absolute atomic E-state index is 0.268. The fourth-order valence-electron chi connectivity index (χ4n) is 3.13. The smallest absolute Gasteiger partial charge is 0.271 e. The first kappa shape index (κ1) is 23.6. The van der Waals surface area contributed by atoms with E-state index in [1.54, 1.807) is 30.1 Å². The van der Waals surface area contributed by atoms with Gasteiger partial charge in [-0.25, -0.2) is 5.43 Å². The van der Waals surface area contributed by atoms with E-state index in [1.807, 2.05) is 91.0 Å². The molecule has 4 nitrogen and oxygen atoms in total. The number of nitrogens with zero attached hydrogens (tertiary/aromatic N) is 1. The fraction of sp³-hybridized carbons (Fsp3) is 0.0714. The normalized spacial score (nSPS) is 10.9. The standard InChI is InChI=1S/C28H23ClN2O2S/c29-25-14-16-26(17-15-25)34-20-22-10-12-23(13-11-22)28(32)31-30-18-24-8-4-5-9-27(24)33-19-21-6-2-1-3-7-21/h1-18H,19-20H2,(H,31,32)/b30-18-. The van der Waals surface area contributed by atoms with Crippen LogP contribution in [0.5, 0.6) is 5.75 Å². The summed E-state index contributed by atoms with van der Waals surface area (Å²) >= 11 is 7.65. The molecule has 1 N–H and O–H groups in total. The Kier molecular flexibility index (Phi) is 8.38. The summed E-state index contributed by atoms with van der Waals surface area (Å²) in [6.07, 6.45) is 1.59. The SMILES string of the molecule is O=C(N/N=C\c1ccccc1OCc1ccccc1)c1ccc(CSc2ccc(Cl)cc2)cc1. The van der Waals surface area contributed by atoms with Gasteiger partial charge in [-0.1, -0.05) is 66.2 Å². The second-order valence-electron chi connectivity index (χ2n) is 7.45. The van der Waals surface area contributed by atoms with Gasteiger partial charge < -0.3 is 4.74 Å². The third-order valence-corrected chi connectivity index (χ3v) is 6.30. The molecule has 4 aromatic carbocycles. The van der Waals surface area contributed by atoms with Crippen molar-refractivity contribution in [3.05, 3.63) is 130 Å². The Balaban J connectivity index is 1.30. The molecule has 1 amide bonds. The highest BCUT2D eigenvalue weighted by atomic mass is 35.5. The van der Waals surface area contributed by atoms with E-state index in [9.17, 15) is 4.79 Å². The lowest BCUT2D eigenvalue weighted by atomic mass is 10.1. The Morgan fingerprint density at radius 1 is 0.853 bits per heavy atom. The Bertz CT molecular complexity index is 1240. The van der Waals surface area contributed by atoms with Gasteiger partial charge >= 0.3 is 0 Å². The number of halogens is 1. The molecule has 0 saturated carbocycles. The molecular formula is C28H23ClN2O2S. The van der Waals surface area contributed by atoms with Crippen LogP contribution in [0.4, 0.5) is 0 Å². The molecule has 0 unspecified atom stereocenters. The van der Waals surface area contributed by atoms with Crippen LogP contribution in [-0.2, 0) is 12.4 Å². The molecule has 0 aliphatic carbocycles. The van der Waals surface area contributed by atoms with E-state index in [0.717, 1.165) is 32.4 Å². The van der Waals surface area contributed by atoms with Gasteiger partial charge in [-0.2, -0.15) is 5.10 Å². The first-order valence-corrected chi connectivity index (χ1v) is 12.1. The largest absolute Gasteiger partial charge is 0.488 e. The molecule has 0 aliphatic heterocycles. The van der Waals surface area contributed by atoms with Gasteiger partial charge in [-0.15, -0.1) is 11.8 Å². The van der Waals surface area contributed by atoms with Crippen molar-refractivity contribution in [2.24, 2.45) is 5.10 Å². The monoisotopic (exact) mass is 486 g/mol. The lowest BCUT2D eigenvalue weighted by Gasteiger charge is -2.09. The molecule has 4 aromatic rings. The molecule has 0 spiro atoms. The van der Waals surface area contributed by atoms with Crippen LogP contribution in [0, 0.1) is 0 Å². The number of para-hydroxylation sites is 1. The van der Waals surface area contributed by atoms with Crippen molar-refractivity contribution in [1.29, 1.82) is 0 Å². The van der Waals surface area contributed by atoms with Gasteiger partial charge in [0, 0.05) is 26.8 Å². The topological polar surface area (TPSA) is 50.7 Å².